The van der Waals surface area contributed by atoms with Crippen molar-refractivity contribution in [1.82, 2.24) is 25.1 Å². The fourth-order valence-corrected chi connectivity index (χ4v) is 4.23. The van der Waals surface area contributed by atoms with Crippen LogP contribution in [0.4, 0.5) is 5.13 Å². The molecule has 3 aromatic rings. The van der Waals surface area contributed by atoms with Gasteiger partial charge < -0.3 is 15.2 Å². The zero-order chi connectivity index (χ0) is 21.7. The van der Waals surface area contributed by atoms with Crippen molar-refractivity contribution >= 4 is 51.6 Å². The summed E-state index contributed by atoms with van der Waals surface area (Å²) in [5, 5.41) is 17.3. The molecule has 30 heavy (non-hydrogen) atoms. The van der Waals surface area contributed by atoms with E-state index in [4.69, 9.17) is 11.6 Å². The standard InChI is InChI=1S/C19H21ClN6O2S2/c1-4-26-15(11(2)22-17(28)13-5-7-14(20)8-6-13)24-25-19(26)30-12(3)16(27)23-18-21-9-10-29-18/h5-12H,4H2,1-3H3,(H,22,28)(H,21,23,27)/t11-,12-/m0/s1. The minimum atomic E-state index is -0.393. The number of amides is 2. The normalized spacial score (nSPS) is 12.9. The number of thiazole rings is 1. The van der Waals surface area contributed by atoms with Crippen LogP contribution in [0.25, 0.3) is 0 Å². The summed E-state index contributed by atoms with van der Waals surface area (Å²) < 4.78 is 1.89. The van der Waals surface area contributed by atoms with Gasteiger partial charge in [0.2, 0.25) is 5.91 Å². The Kier molecular flexibility index (Phi) is 7.46. The molecule has 11 heteroatoms. The Balaban J connectivity index is 1.67. The highest BCUT2D eigenvalue weighted by Gasteiger charge is 2.23. The molecule has 0 saturated heterocycles. The molecule has 0 bridgehead atoms. The fraction of sp³-hybridized carbons (Fsp3) is 0.316. The number of thioether (sulfide) groups is 1. The molecular formula is C19H21ClN6O2S2. The Morgan fingerprint density at radius 2 is 1.97 bits per heavy atom. The molecule has 3 rings (SSSR count). The lowest BCUT2D eigenvalue weighted by molar-refractivity contribution is -0.115. The van der Waals surface area contributed by atoms with Gasteiger partial charge in [0.15, 0.2) is 16.1 Å². The number of carbonyl (C=O) groups is 2. The van der Waals surface area contributed by atoms with Gasteiger partial charge in [0, 0.05) is 28.7 Å². The van der Waals surface area contributed by atoms with Gasteiger partial charge in [-0.05, 0) is 45.0 Å². The molecule has 0 aliphatic carbocycles. The van der Waals surface area contributed by atoms with Crippen LogP contribution in [0.3, 0.4) is 0 Å². The maximum atomic E-state index is 12.5. The van der Waals surface area contributed by atoms with E-state index in [0.29, 0.717) is 33.2 Å². The first-order chi connectivity index (χ1) is 14.4. The number of carbonyl (C=O) groups excluding carboxylic acids is 2. The summed E-state index contributed by atoms with van der Waals surface area (Å²) in [5.74, 6) is 0.233. The summed E-state index contributed by atoms with van der Waals surface area (Å²) in [4.78, 5) is 28.9. The first-order valence-electron chi connectivity index (χ1n) is 9.25. The number of anilines is 1. The van der Waals surface area contributed by atoms with Gasteiger partial charge >= 0.3 is 0 Å². The molecule has 0 unspecified atom stereocenters. The van der Waals surface area contributed by atoms with E-state index in [2.05, 4.69) is 25.8 Å². The van der Waals surface area contributed by atoms with Crippen LogP contribution in [0, 0.1) is 0 Å². The average Bonchev–Trinajstić information content (AvgIpc) is 3.37. The first kappa shape index (κ1) is 22.3. The Morgan fingerprint density at radius 3 is 2.60 bits per heavy atom. The van der Waals surface area contributed by atoms with Crippen molar-refractivity contribution in [2.75, 3.05) is 5.32 Å². The van der Waals surface area contributed by atoms with E-state index >= 15 is 0 Å². The minimum Gasteiger partial charge on any atom is -0.342 e. The number of nitrogens with zero attached hydrogens (tertiary/aromatic N) is 4. The molecule has 0 aliphatic rings. The van der Waals surface area contributed by atoms with Gasteiger partial charge in [-0.25, -0.2) is 4.98 Å². The summed E-state index contributed by atoms with van der Waals surface area (Å²) in [6, 6.07) is 6.30. The van der Waals surface area contributed by atoms with Crippen molar-refractivity contribution in [3.63, 3.8) is 0 Å². The summed E-state index contributed by atoms with van der Waals surface area (Å²) >= 11 is 8.55. The predicted molar refractivity (Wildman–Crippen MR) is 119 cm³/mol. The van der Waals surface area contributed by atoms with Crippen LogP contribution >= 0.6 is 34.7 Å². The molecule has 2 amide bonds. The molecule has 2 N–H and O–H groups in total. The topological polar surface area (TPSA) is 102 Å². The zero-order valence-electron chi connectivity index (χ0n) is 16.6. The van der Waals surface area contributed by atoms with Crippen molar-refractivity contribution in [3.8, 4) is 0 Å². The second-order valence-corrected chi connectivity index (χ2v) is 9.01. The van der Waals surface area contributed by atoms with Gasteiger partial charge in [-0.3, -0.25) is 9.59 Å². The summed E-state index contributed by atoms with van der Waals surface area (Å²) in [6.07, 6.45) is 1.64. The highest BCUT2D eigenvalue weighted by atomic mass is 35.5. The number of aromatic nitrogens is 4. The van der Waals surface area contributed by atoms with Crippen LogP contribution in [-0.2, 0) is 11.3 Å². The highest BCUT2D eigenvalue weighted by molar-refractivity contribution is 8.00. The second kappa shape index (κ2) is 10.1. The molecule has 2 heterocycles. The van der Waals surface area contributed by atoms with Gasteiger partial charge in [-0.1, -0.05) is 23.4 Å². The predicted octanol–water partition coefficient (Wildman–Crippen LogP) is 4.02. The molecule has 2 aromatic heterocycles. The number of nitrogens with one attached hydrogen (secondary N) is 2. The quantitative estimate of drug-likeness (QED) is 0.488. The lowest BCUT2D eigenvalue weighted by Gasteiger charge is -2.16. The van der Waals surface area contributed by atoms with E-state index in [1.807, 2.05) is 18.4 Å². The van der Waals surface area contributed by atoms with Crippen molar-refractivity contribution in [2.24, 2.45) is 0 Å². The van der Waals surface area contributed by atoms with Crippen LogP contribution in [0.1, 0.15) is 43.0 Å². The van der Waals surface area contributed by atoms with E-state index in [9.17, 15) is 9.59 Å². The number of rotatable bonds is 8. The third-order valence-electron chi connectivity index (χ3n) is 4.22. The van der Waals surface area contributed by atoms with E-state index in [1.165, 1.54) is 23.1 Å². The molecule has 0 aliphatic heterocycles. The number of halogens is 1. The number of benzene rings is 1. The summed E-state index contributed by atoms with van der Waals surface area (Å²) in [6.45, 7) is 6.21. The van der Waals surface area contributed by atoms with Crippen molar-refractivity contribution in [1.29, 1.82) is 0 Å². The molecule has 158 valence electrons. The monoisotopic (exact) mass is 464 g/mol. The fourth-order valence-electron chi connectivity index (χ4n) is 2.65. The van der Waals surface area contributed by atoms with Crippen LogP contribution < -0.4 is 10.6 Å². The van der Waals surface area contributed by atoms with Crippen molar-refractivity contribution in [3.05, 3.63) is 52.3 Å². The largest absolute Gasteiger partial charge is 0.342 e. The van der Waals surface area contributed by atoms with Gasteiger partial charge in [-0.2, -0.15) is 0 Å². The number of hydrogen-bond donors (Lipinski definition) is 2. The average molecular weight is 465 g/mol. The molecular weight excluding hydrogens is 444 g/mol. The Morgan fingerprint density at radius 1 is 1.23 bits per heavy atom. The molecule has 8 nitrogen and oxygen atoms in total. The minimum absolute atomic E-state index is 0.161. The Bertz CT molecular complexity index is 1010. The highest BCUT2D eigenvalue weighted by Crippen LogP contribution is 2.26. The summed E-state index contributed by atoms with van der Waals surface area (Å²) in [7, 11) is 0. The lowest BCUT2D eigenvalue weighted by Crippen LogP contribution is -2.29. The molecule has 0 saturated carbocycles. The Labute approximate surface area is 187 Å². The van der Waals surface area contributed by atoms with E-state index in [1.54, 1.807) is 42.8 Å². The number of hydrogen-bond acceptors (Lipinski definition) is 7. The van der Waals surface area contributed by atoms with E-state index < -0.39 is 5.25 Å². The third-order valence-corrected chi connectivity index (χ3v) is 6.24. The maximum Gasteiger partial charge on any atom is 0.251 e. The molecule has 2 atom stereocenters. The van der Waals surface area contributed by atoms with Gasteiger partial charge in [0.1, 0.15) is 0 Å². The van der Waals surface area contributed by atoms with Gasteiger partial charge in [-0.15, -0.1) is 21.5 Å². The van der Waals surface area contributed by atoms with E-state index in [0.717, 1.165) is 0 Å². The first-order valence-corrected chi connectivity index (χ1v) is 11.4. The van der Waals surface area contributed by atoms with Crippen molar-refractivity contribution < 1.29 is 9.59 Å². The summed E-state index contributed by atoms with van der Waals surface area (Å²) in [5.41, 5.74) is 0.510. The smallest absolute Gasteiger partial charge is 0.251 e. The molecule has 1 aromatic carbocycles. The zero-order valence-corrected chi connectivity index (χ0v) is 19.0. The van der Waals surface area contributed by atoms with Gasteiger partial charge in [0.25, 0.3) is 5.91 Å². The van der Waals surface area contributed by atoms with Crippen LogP contribution in [0.5, 0.6) is 0 Å². The van der Waals surface area contributed by atoms with Gasteiger partial charge in [0.05, 0.1) is 11.3 Å². The Hall–Kier alpha value is -2.43. The van der Waals surface area contributed by atoms with Crippen molar-refractivity contribution in [2.45, 2.75) is 43.8 Å². The molecule has 0 spiro atoms. The second-order valence-electron chi connectivity index (χ2n) is 6.37. The van der Waals surface area contributed by atoms with Crippen LogP contribution in [-0.4, -0.2) is 36.8 Å². The molecule has 0 radical (unpaired) electrons. The SMILES string of the molecule is CCn1c(S[C@@H](C)C(=O)Nc2nccs2)nnc1[C@H](C)NC(=O)c1ccc(Cl)cc1. The van der Waals surface area contributed by atoms with Crippen LogP contribution in [0.2, 0.25) is 5.02 Å². The van der Waals surface area contributed by atoms with Crippen LogP contribution in [0.15, 0.2) is 41.0 Å². The third kappa shape index (κ3) is 5.38. The van der Waals surface area contributed by atoms with E-state index in [-0.39, 0.29) is 17.9 Å². The molecule has 0 fully saturated rings. The lowest BCUT2D eigenvalue weighted by atomic mass is 10.2. The maximum absolute atomic E-state index is 12.5.